The van der Waals surface area contributed by atoms with Gasteiger partial charge < -0.3 is 0 Å². The van der Waals surface area contributed by atoms with Crippen LogP contribution in [0.3, 0.4) is 0 Å². The van der Waals surface area contributed by atoms with Crippen molar-refractivity contribution in [3.8, 4) is 0 Å². The number of benzene rings is 1. The van der Waals surface area contributed by atoms with E-state index in [1.165, 1.54) is 56.9 Å². The summed E-state index contributed by atoms with van der Waals surface area (Å²) < 4.78 is 2.13. The van der Waals surface area contributed by atoms with E-state index >= 15 is 0 Å². The molecule has 0 N–H and O–H groups in total. The lowest BCUT2D eigenvalue weighted by atomic mass is 10.1. The lowest BCUT2D eigenvalue weighted by Crippen LogP contribution is -2.13. The van der Waals surface area contributed by atoms with Gasteiger partial charge in [0.2, 0.25) is 0 Å². The summed E-state index contributed by atoms with van der Waals surface area (Å²) in [6.45, 7) is 4.31. The molecule has 0 atom stereocenters. The van der Waals surface area contributed by atoms with Crippen molar-refractivity contribution in [2.24, 2.45) is 0 Å². The Bertz CT molecular complexity index is 299. The average Bonchev–Trinajstić information content (AvgIpc) is 2.43. The summed E-state index contributed by atoms with van der Waals surface area (Å²) in [5.74, 6) is 0. The summed E-state index contributed by atoms with van der Waals surface area (Å²) in [6.07, 6.45) is 11.0. The van der Waals surface area contributed by atoms with E-state index in [-0.39, 0.29) is 0 Å². The van der Waals surface area contributed by atoms with Crippen molar-refractivity contribution >= 4 is 12.8 Å². The van der Waals surface area contributed by atoms with E-state index in [4.69, 9.17) is 0 Å². The molecule has 108 valence electrons. The first-order chi connectivity index (χ1) is 9.33. The molecule has 0 aromatic heterocycles. The third kappa shape index (κ3) is 9.12. The predicted octanol–water partition coefficient (Wildman–Crippen LogP) is 5.47. The Labute approximate surface area is 124 Å². The van der Waals surface area contributed by atoms with E-state index in [2.05, 4.69) is 54.4 Å². The zero-order valence-electron chi connectivity index (χ0n) is 12.4. The van der Waals surface area contributed by atoms with Crippen LogP contribution in [0.2, 0.25) is 0 Å². The molecule has 0 heterocycles. The molecule has 1 rings (SSSR count). The summed E-state index contributed by atoms with van der Waals surface area (Å²) >= 11 is 4.55. The topological polar surface area (TPSA) is 3.24 Å². The molecule has 0 fully saturated rings. The highest BCUT2D eigenvalue weighted by atomic mass is 32.1. The quantitative estimate of drug-likeness (QED) is 0.415. The summed E-state index contributed by atoms with van der Waals surface area (Å²) in [5.41, 5.74) is 1.34. The van der Waals surface area contributed by atoms with Gasteiger partial charge in [-0.05, 0) is 12.0 Å². The lowest BCUT2D eigenvalue weighted by molar-refractivity contribution is 0.443. The molecule has 0 spiro atoms. The van der Waals surface area contributed by atoms with Gasteiger partial charge in [0.15, 0.2) is 0 Å². The fourth-order valence-corrected chi connectivity index (χ4v) is 2.61. The Morgan fingerprint density at radius 3 is 2.05 bits per heavy atom. The van der Waals surface area contributed by atoms with Crippen molar-refractivity contribution < 1.29 is 0 Å². The molecule has 0 unspecified atom stereocenters. The number of thiol groups is 1. The van der Waals surface area contributed by atoms with Gasteiger partial charge in [-0.1, -0.05) is 95.0 Å². The van der Waals surface area contributed by atoms with E-state index < -0.39 is 0 Å². The van der Waals surface area contributed by atoms with Crippen molar-refractivity contribution in [1.82, 2.24) is 4.31 Å². The van der Waals surface area contributed by atoms with E-state index in [1.807, 2.05) is 0 Å². The highest BCUT2D eigenvalue weighted by molar-refractivity contribution is 7.77. The first kappa shape index (κ1) is 16.6. The first-order valence-electron chi connectivity index (χ1n) is 7.80. The van der Waals surface area contributed by atoms with Gasteiger partial charge >= 0.3 is 0 Å². The monoisotopic (exact) mass is 279 g/mol. The summed E-state index contributed by atoms with van der Waals surface area (Å²) in [6, 6.07) is 10.6. The lowest BCUT2D eigenvalue weighted by Gasteiger charge is -2.15. The molecule has 0 radical (unpaired) electrons. The SMILES string of the molecule is CCCCCCCCCCN(S)Cc1ccccc1. The summed E-state index contributed by atoms with van der Waals surface area (Å²) in [4.78, 5) is 0. The van der Waals surface area contributed by atoms with Gasteiger partial charge in [0.05, 0.1) is 0 Å². The van der Waals surface area contributed by atoms with E-state index in [1.54, 1.807) is 0 Å². The maximum absolute atomic E-state index is 4.55. The van der Waals surface area contributed by atoms with Gasteiger partial charge in [0.25, 0.3) is 0 Å². The molecule has 0 aliphatic carbocycles. The third-order valence-electron chi connectivity index (χ3n) is 3.48. The van der Waals surface area contributed by atoms with Crippen LogP contribution in [-0.2, 0) is 6.54 Å². The van der Waals surface area contributed by atoms with Crippen molar-refractivity contribution in [1.29, 1.82) is 0 Å². The molecule has 0 saturated heterocycles. The molecule has 0 amide bonds. The van der Waals surface area contributed by atoms with Crippen LogP contribution in [0.4, 0.5) is 0 Å². The Morgan fingerprint density at radius 1 is 0.842 bits per heavy atom. The number of hydrogen-bond acceptors (Lipinski definition) is 2. The smallest absolute Gasteiger partial charge is 0.0338 e. The number of nitrogens with zero attached hydrogens (tertiary/aromatic N) is 1. The normalized spacial score (nSPS) is 11.1. The van der Waals surface area contributed by atoms with Crippen LogP contribution in [0.15, 0.2) is 30.3 Å². The van der Waals surface area contributed by atoms with Crippen molar-refractivity contribution in [2.45, 2.75) is 64.8 Å². The summed E-state index contributed by atoms with van der Waals surface area (Å²) in [5, 5.41) is 0. The van der Waals surface area contributed by atoms with Crippen molar-refractivity contribution in [3.05, 3.63) is 35.9 Å². The number of rotatable bonds is 11. The van der Waals surface area contributed by atoms with E-state index in [9.17, 15) is 0 Å². The van der Waals surface area contributed by atoms with Crippen LogP contribution >= 0.6 is 12.8 Å². The minimum absolute atomic E-state index is 0.945. The maximum Gasteiger partial charge on any atom is 0.0338 e. The molecule has 1 nitrogen and oxygen atoms in total. The Hall–Kier alpha value is -0.470. The van der Waals surface area contributed by atoms with Crippen LogP contribution < -0.4 is 0 Å². The van der Waals surface area contributed by atoms with Gasteiger partial charge in [-0.3, -0.25) is 0 Å². The first-order valence-corrected chi connectivity index (χ1v) is 8.20. The van der Waals surface area contributed by atoms with Gasteiger partial charge in [-0.25, -0.2) is 4.31 Å². The van der Waals surface area contributed by atoms with Gasteiger partial charge in [-0.15, -0.1) is 0 Å². The average molecular weight is 279 g/mol. The largest absolute Gasteiger partial charge is 0.249 e. The third-order valence-corrected chi connectivity index (χ3v) is 3.82. The minimum atomic E-state index is 0.945. The van der Waals surface area contributed by atoms with E-state index in [0.717, 1.165) is 13.1 Å². The second-order valence-corrected chi connectivity index (χ2v) is 5.91. The van der Waals surface area contributed by atoms with Gasteiger partial charge in [0.1, 0.15) is 0 Å². The van der Waals surface area contributed by atoms with Crippen LogP contribution in [-0.4, -0.2) is 10.8 Å². The second-order valence-electron chi connectivity index (χ2n) is 5.35. The molecule has 0 bridgehead atoms. The van der Waals surface area contributed by atoms with Crippen LogP contribution in [0.1, 0.15) is 63.9 Å². The molecule has 1 aromatic carbocycles. The van der Waals surface area contributed by atoms with Gasteiger partial charge in [0, 0.05) is 13.1 Å². The molecular weight excluding hydrogens is 250 g/mol. The maximum atomic E-state index is 4.55. The molecule has 0 aliphatic rings. The van der Waals surface area contributed by atoms with Crippen molar-refractivity contribution in [2.75, 3.05) is 6.54 Å². The number of hydrogen-bond donors (Lipinski definition) is 1. The van der Waals surface area contributed by atoms with Crippen LogP contribution in [0.25, 0.3) is 0 Å². The predicted molar refractivity (Wildman–Crippen MR) is 88.4 cm³/mol. The molecular formula is C17H29NS. The fourth-order valence-electron chi connectivity index (χ4n) is 2.30. The van der Waals surface area contributed by atoms with Crippen molar-refractivity contribution in [3.63, 3.8) is 0 Å². The van der Waals surface area contributed by atoms with E-state index in [0.29, 0.717) is 0 Å². The highest BCUT2D eigenvalue weighted by Gasteiger charge is 2.00. The molecule has 0 aliphatic heterocycles. The molecule has 1 aromatic rings. The highest BCUT2D eigenvalue weighted by Crippen LogP contribution is 2.11. The van der Waals surface area contributed by atoms with Gasteiger partial charge in [-0.2, -0.15) is 0 Å². The Kier molecular flexibility index (Phi) is 9.92. The second kappa shape index (κ2) is 11.4. The zero-order chi connectivity index (χ0) is 13.8. The zero-order valence-corrected chi connectivity index (χ0v) is 13.2. The molecule has 2 heteroatoms. The fraction of sp³-hybridized carbons (Fsp3) is 0.647. The molecule has 0 saturated carbocycles. The number of unbranched alkanes of at least 4 members (excludes halogenated alkanes) is 7. The van der Waals surface area contributed by atoms with Crippen LogP contribution in [0.5, 0.6) is 0 Å². The van der Waals surface area contributed by atoms with Crippen LogP contribution in [0, 0.1) is 0 Å². The standard InChI is InChI=1S/C17H29NS/c1-2-3-4-5-6-7-8-12-15-18(19)16-17-13-10-9-11-14-17/h9-11,13-14,19H,2-8,12,15-16H2,1H3. The minimum Gasteiger partial charge on any atom is -0.249 e. The Morgan fingerprint density at radius 2 is 1.42 bits per heavy atom. The molecule has 19 heavy (non-hydrogen) atoms. The Balaban J connectivity index is 1.94. The summed E-state index contributed by atoms with van der Waals surface area (Å²) in [7, 11) is 0.